The number of Topliss-reactive ketones (excluding diaryl/α,β-unsaturated/α-hetero) is 1. The number of carbonyl (C=O) groups excluding carboxylic acids is 1. The van der Waals surface area contributed by atoms with Crippen molar-refractivity contribution in [3.8, 4) is 0 Å². The van der Waals surface area contributed by atoms with E-state index in [9.17, 15) is 4.79 Å². The molecule has 1 aromatic carbocycles. The molecule has 0 aliphatic rings. The molecule has 2 nitrogen and oxygen atoms in total. The first-order valence-corrected chi connectivity index (χ1v) is 6.41. The van der Waals surface area contributed by atoms with E-state index in [1.807, 2.05) is 19.1 Å². The van der Waals surface area contributed by atoms with Gasteiger partial charge in [0.15, 0.2) is 5.78 Å². The van der Waals surface area contributed by atoms with Gasteiger partial charge < -0.3 is 5.73 Å². The normalized spacial score (nSPS) is 12.8. The fourth-order valence-corrected chi connectivity index (χ4v) is 1.97. The molecule has 0 amide bonds. The van der Waals surface area contributed by atoms with E-state index in [1.165, 1.54) is 5.56 Å². The van der Waals surface area contributed by atoms with Crippen LogP contribution >= 0.6 is 0 Å². The van der Waals surface area contributed by atoms with Gasteiger partial charge in [-0.05, 0) is 24.3 Å². The summed E-state index contributed by atoms with van der Waals surface area (Å²) >= 11 is 0. The van der Waals surface area contributed by atoms with Crippen molar-refractivity contribution in [3.05, 3.63) is 35.4 Å². The highest BCUT2D eigenvalue weighted by Crippen LogP contribution is 2.14. The van der Waals surface area contributed by atoms with E-state index in [-0.39, 0.29) is 11.7 Å². The van der Waals surface area contributed by atoms with Crippen LogP contribution in [-0.4, -0.2) is 12.3 Å². The van der Waals surface area contributed by atoms with Gasteiger partial charge in [0.2, 0.25) is 0 Å². The number of carbonyl (C=O) groups is 1. The molecule has 0 aliphatic carbocycles. The Morgan fingerprint density at radius 2 is 1.82 bits per heavy atom. The predicted molar refractivity (Wildman–Crippen MR) is 72.1 cm³/mol. The Morgan fingerprint density at radius 1 is 1.24 bits per heavy atom. The van der Waals surface area contributed by atoms with Crippen molar-refractivity contribution in [1.29, 1.82) is 0 Å². The van der Waals surface area contributed by atoms with E-state index in [0.29, 0.717) is 12.5 Å². The minimum Gasteiger partial charge on any atom is -0.330 e. The summed E-state index contributed by atoms with van der Waals surface area (Å²) in [6.07, 6.45) is 1.87. The molecule has 0 bridgehead atoms. The lowest BCUT2D eigenvalue weighted by Gasteiger charge is -2.11. The van der Waals surface area contributed by atoms with Crippen molar-refractivity contribution in [2.24, 2.45) is 17.6 Å². The van der Waals surface area contributed by atoms with E-state index in [4.69, 9.17) is 5.73 Å². The third-order valence-corrected chi connectivity index (χ3v) is 3.03. The molecule has 0 radical (unpaired) electrons. The lowest BCUT2D eigenvalue weighted by Crippen LogP contribution is -2.23. The Hall–Kier alpha value is -1.15. The van der Waals surface area contributed by atoms with Gasteiger partial charge in [0.05, 0.1) is 0 Å². The maximum absolute atomic E-state index is 12.1. The van der Waals surface area contributed by atoms with Crippen LogP contribution in [0.15, 0.2) is 24.3 Å². The molecule has 0 saturated carbocycles. The molecule has 17 heavy (non-hydrogen) atoms. The van der Waals surface area contributed by atoms with Crippen LogP contribution in [0.2, 0.25) is 0 Å². The summed E-state index contributed by atoms with van der Waals surface area (Å²) in [4.78, 5) is 12.1. The first kappa shape index (κ1) is 13.9. The van der Waals surface area contributed by atoms with Crippen LogP contribution in [0.3, 0.4) is 0 Å². The highest BCUT2D eigenvalue weighted by Gasteiger charge is 2.16. The van der Waals surface area contributed by atoms with E-state index in [1.54, 1.807) is 0 Å². The van der Waals surface area contributed by atoms with Gasteiger partial charge in [-0.15, -0.1) is 0 Å². The molecule has 94 valence electrons. The number of rotatable bonds is 6. The average Bonchev–Trinajstić information content (AvgIpc) is 2.30. The Bertz CT molecular complexity index is 350. The summed E-state index contributed by atoms with van der Waals surface area (Å²) in [6.45, 7) is 6.83. The van der Waals surface area contributed by atoms with Crippen molar-refractivity contribution >= 4 is 5.78 Å². The van der Waals surface area contributed by atoms with Gasteiger partial charge in [-0.1, -0.05) is 45.0 Å². The molecule has 0 saturated heterocycles. The molecule has 1 atom stereocenters. The molecule has 1 unspecified atom stereocenters. The van der Waals surface area contributed by atoms with Crippen LogP contribution in [0.4, 0.5) is 0 Å². The van der Waals surface area contributed by atoms with Crippen LogP contribution in [0.5, 0.6) is 0 Å². The highest BCUT2D eigenvalue weighted by atomic mass is 16.1. The van der Waals surface area contributed by atoms with Crippen LogP contribution < -0.4 is 5.73 Å². The van der Waals surface area contributed by atoms with Crippen molar-refractivity contribution in [2.45, 2.75) is 33.6 Å². The highest BCUT2D eigenvalue weighted by molar-refractivity contribution is 5.98. The SMILES string of the molecule is CCC(CN)C(=O)c1ccc(CC(C)C)cc1. The average molecular weight is 233 g/mol. The third kappa shape index (κ3) is 3.97. The topological polar surface area (TPSA) is 43.1 Å². The standard InChI is InChI=1S/C15H23NO/c1-4-13(10-16)15(17)14-7-5-12(6-8-14)9-11(2)3/h5-8,11,13H,4,9-10,16H2,1-3H3. The van der Waals surface area contributed by atoms with Gasteiger partial charge in [0.1, 0.15) is 0 Å². The maximum Gasteiger partial charge on any atom is 0.167 e. The van der Waals surface area contributed by atoms with Crippen molar-refractivity contribution in [2.75, 3.05) is 6.54 Å². The summed E-state index contributed by atoms with van der Waals surface area (Å²) in [5.41, 5.74) is 7.67. The second kappa shape index (κ2) is 6.55. The maximum atomic E-state index is 12.1. The summed E-state index contributed by atoms with van der Waals surface area (Å²) in [7, 11) is 0. The summed E-state index contributed by atoms with van der Waals surface area (Å²) in [5, 5.41) is 0. The largest absolute Gasteiger partial charge is 0.330 e. The number of nitrogens with two attached hydrogens (primary N) is 1. The summed E-state index contributed by atoms with van der Waals surface area (Å²) in [6, 6.07) is 7.96. The Balaban J connectivity index is 2.76. The smallest absolute Gasteiger partial charge is 0.167 e. The van der Waals surface area contributed by atoms with Gasteiger partial charge in [0.25, 0.3) is 0 Å². The predicted octanol–water partition coefficient (Wildman–Crippen LogP) is 3.05. The zero-order valence-corrected chi connectivity index (χ0v) is 11.1. The van der Waals surface area contributed by atoms with E-state index >= 15 is 0 Å². The first-order chi connectivity index (χ1) is 8.08. The fraction of sp³-hybridized carbons (Fsp3) is 0.533. The molecule has 1 aromatic rings. The van der Waals surface area contributed by atoms with Gasteiger partial charge in [-0.25, -0.2) is 0 Å². The zero-order valence-electron chi connectivity index (χ0n) is 11.1. The summed E-state index contributed by atoms with van der Waals surface area (Å²) in [5.74, 6) is 0.779. The van der Waals surface area contributed by atoms with E-state index in [2.05, 4.69) is 26.0 Å². The van der Waals surface area contributed by atoms with Crippen molar-refractivity contribution in [3.63, 3.8) is 0 Å². The number of hydrogen-bond acceptors (Lipinski definition) is 2. The Labute approximate surface area is 104 Å². The molecule has 0 spiro atoms. The molecule has 2 heteroatoms. The van der Waals surface area contributed by atoms with Crippen LogP contribution in [0.1, 0.15) is 43.1 Å². The lowest BCUT2D eigenvalue weighted by molar-refractivity contribution is 0.0921. The van der Waals surface area contributed by atoms with Gasteiger partial charge in [0, 0.05) is 18.0 Å². The van der Waals surface area contributed by atoms with Crippen LogP contribution in [-0.2, 0) is 6.42 Å². The molecular weight excluding hydrogens is 210 g/mol. The molecule has 0 heterocycles. The molecule has 0 aromatic heterocycles. The van der Waals surface area contributed by atoms with E-state index < -0.39 is 0 Å². The minimum absolute atomic E-state index is 0.0362. The van der Waals surface area contributed by atoms with Crippen LogP contribution in [0, 0.1) is 11.8 Å². The summed E-state index contributed by atoms with van der Waals surface area (Å²) < 4.78 is 0. The monoisotopic (exact) mass is 233 g/mol. The zero-order chi connectivity index (χ0) is 12.8. The Kier molecular flexibility index (Phi) is 5.36. The number of benzene rings is 1. The quantitative estimate of drug-likeness (QED) is 0.767. The molecule has 2 N–H and O–H groups in total. The van der Waals surface area contributed by atoms with Gasteiger partial charge in [-0.3, -0.25) is 4.79 Å². The second-order valence-electron chi connectivity index (χ2n) is 5.00. The van der Waals surface area contributed by atoms with Crippen molar-refractivity contribution in [1.82, 2.24) is 0 Å². The third-order valence-electron chi connectivity index (χ3n) is 3.03. The van der Waals surface area contributed by atoms with Crippen molar-refractivity contribution < 1.29 is 4.79 Å². The minimum atomic E-state index is -0.0362. The van der Waals surface area contributed by atoms with Crippen LogP contribution in [0.25, 0.3) is 0 Å². The number of hydrogen-bond donors (Lipinski definition) is 1. The van der Waals surface area contributed by atoms with Gasteiger partial charge in [-0.2, -0.15) is 0 Å². The molecule has 1 rings (SSSR count). The molecular formula is C15H23NO. The van der Waals surface area contributed by atoms with E-state index in [0.717, 1.165) is 18.4 Å². The first-order valence-electron chi connectivity index (χ1n) is 6.41. The molecule has 0 aliphatic heterocycles. The Morgan fingerprint density at radius 3 is 2.24 bits per heavy atom. The second-order valence-corrected chi connectivity index (χ2v) is 5.00. The van der Waals surface area contributed by atoms with Gasteiger partial charge >= 0.3 is 0 Å². The fourth-order valence-electron chi connectivity index (χ4n) is 1.97. The lowest BCUT2D eigenvalue weighted by atomic mass is 9.94. The number of ketones is 1. The molecule has 0 fully saturated rings.